The molecule has 2 aliphatic rings. The van der Waals surface area contributed by atoms with E-state index in [1.165, 1.54) is 49.8 Å². The van der Waals surface area contributed by atoms with Crippen LogP contribution in [0.5, 0.6) is 0 Å². The SMILES string of the molecule is Cc1ccc(C)c(C2CCCC2CNC2CC2)c1. The predicted molar refractivity (Wildman–Crippen MR) is 77.0 cm³/mol. The van der Waals surface area contributed by atoms with Gasteiger partial charge in [0.2, 0.25) is 0 Å². The second-order valence-corrected chi connectivity index (χ2v) is 6.34. The molecule has 1 N–H and O–H groups in total. The van der Waals surface area contributed by atoms with Gasteiger partial charge in [-0.1, -0.05) is 30.2 Å². The summed E-state index contributed by atoms with van der Waals surface area (Å²) in [5.74, 6) is 1.67. The van der Waals surface area contributed by atoms with Crippen molar-refractivity contribution in [3.63, 3.8) is 0 Å². The highest BCUT2D eigenvalue weighted by Gasteiger charge is 2.31. The lowest BCUT2D eigenvalue weighted by Crippen LogP contribution is -2.26. The van der Waals surface area contributed by atoms with Crippen LogP contribution in [-0.4, -0.2) is 12.6 Å². The molecule has 0 aromatic heterocycles. The highest BCUT2D eigenvalue weighted by atomic mass is 14.9. The van der Waals surface area contributed by atoms with Gasteiger partial charge in [0.25, 0.3) is 0 Å². The quantitative estimate of drug-likeness (QED) is 0.844. The van der Waals surface area contributed by atoms with Gasteiger partial charge in [-0.2, -0.15) is 0 Å². The number of aryl methyl sites for hydroxylation is 2. The lowest BCUT2D eigenvalue weighted by atomic mass is 9.85. The smallest absolute Gasteiger partial charge is 0.00683 e. The summed E-state index contributed by atoms with van der Waals surface area (Å²) in [6.45, 7) is 5.73. The summed E-state index contributed by atoms with van der Waals surface area (Å²) in [6, 6.07) is 7.82. The van der Waals surface area contributed by atoms with Crippen LogP contribution in [0.15, 0.2) is 18.2 Å². The lowest BCUT2D eigenvalue weighted by Gasteiger charge is -2.22. The number of nitrogens with one attached hydrogen (secondary N) is 1. The molecule has 2 unspecified atom stereocenters. The van der Waals surface area contributed by atoms with Crippen LogP contribution in [0, 0.1) is 19.8 Å². The summed E-state index contributed by atoms with van der Waals surface area (Å²) in [5.41, 5.74) is 4.52. The molecule has 0 heterocycles. The summed E-state index contributed by atoms with van der Waals surface area (Å²) < 4.78 is 0. The second-order valence-electron chi connectivity index (χ2n) is 6.34. The van der Waals surface area contributed by atoms with Gasteiger partial charge in [0.15, 0.2) is 0 Å². The molecule has 1 aromatic rings. The first-order valence-corrected chi connectivity index (χ1v) is 7.54. The first kappa shape index (κ1) is 12.2. The average Bonchev–Trinajstić information content (AvgIpc) is 3.08. The molecule has 0 bridgehead atoms. The molecular weight excluding hydrogens is 218 g/mol. The van der Waals surface area contributed by atoms with E-state index < -0.39 is 0 Å². The zero-order valence-corrected chi connectivity index (χ0v) is 11.7. The van der Waals surface area contributed by atoms with E-state index in [4.69, 9.17) is 0 Å². The van der Waals surface area contributed by atoms with Crippen molar-refractivity contribution in [3.8, 4) is 0 Å². The van der Waals surface area contributed by atoms with E-state index in [1.54, 1.807) is 5.56 Å². The van der Waals surface area contributed by atoms with E-state index >= 15 is 0 Å². The maximum Gasteiger partial charge on any atom is 0.00683 e. The molecule has 0 radical (unpaired) electrons. The van der Waals surface area contributed by atoms with Gasteiger partial charge in [0, 0.05) is 6.04 Å². The fraction of sp³-hybridized carbons (Fsp3) is 0.647. The predicted octanol–water partition coefficient (Wildman–Crippen LogP) is 3.94. The summed E-state index contributed by atoms with van der Waals surface area (Å²) in [5, 5.41) is 3.73. The van der Waals surface area contributed by atoms with Crippen molar-refractivity contribution in [2.45, 2.75) is 57.9 Å². The lowest BCUT2D eigenvalue weighted by molar-refractivity contribution is 0.441. The van der Waals surface area contributed by atoms with Crippen LogP contribution in [-0.2, 0) is 0 Å². The molecule has 0 saturated heterocycles. The van der Waals surface area contributed by atoms with Crippen LogP contribution in [0.3, 0.4) is 0 Å². The molecule has 3 rings (SSSR count). The van der Waals surface area contributed by atoms with Crippen LogP contribution in [0.4, 0.5) is 0 Å². The summed E-state index contributed by atoms with van der Waals surface area (Å²) in [7, 11) is 0. The van der Waals surface area contributed by atoms with Gasteiger partial charge in [-0.25, -0.2) is 0 Å². The van der Waals surface area contributed by atoms with E-state index in [0.717, 1.165) is 17.9 Å². The Balaban J connectivity index is 1.73. The van der Waals surface area contributed by atoms with E-state index in [1.807, 2.05) is 0 Å². The van der Waals surface area contributed by atoms with Gasteiger partial charge in [0.1, 0.15) is 0 Å². The van der Waals surface area contributed by atoms with Crippen LogP contribution in [0.25, 0.3) is 0 Å². The number of hydrogen-bond acceptors (Lipinski definition) is 1. The molecule has 1 heteroatoms. The van der Waals surface area contributed by atoms with Crippen molar-refractivity contribution in [2.75, 3.05) is 6.54 Å². The Hall–Kier alpha value is -0.820. The minimum absolute atomic E-state index is 0.802. The molecule has 2 atom stereocenters. The van der Waals surface area contributed by atoms with E-state index in [-0.39, 0.29) is 0 Å². The molecule has 2 aliphatic carbocycles. The van der Waals surface area contributed by atoms with E-state index in [0.29, 0.717) is 0 Å². The number of hydrogen-bond donors (Lipinski definition) is 1. The topological polar surface area (TPSA) is 12.0 Å². The Morgan fingerprint density at radius 3 is 2.72 bits per heavy atom. The number of benzene rings is 1. The largest absolute Gasteiger partial charge is 0.314 e. The summed E-state index contributed by atoms with van der Waals surface area (Å²) >= 11 is 0. The van der Waals surface area contributed by atoms with Crippen molar-refractivity contribution in [2.24, 2.45) is 5.92 Å². The Morgan fingerprint density at radius 2 is 1.94 bits per heavy atom. The van der Waals surface area contributed by atoms with Crippen molar-refractivity contribution in [3.05, 3.63) is 34.9 Å². The van der Waals surface area contributed by atoms with Crippen LogP contribution in [0.1, 0.15) is 54.7 Å². The molecule has 98 valence electrons. The average molecular weight is 243 g/mol. The Bertz CT molecular complexity index is 420. The molecule has 0 aliphatic heterocycles. The molecule has 0 amide bonds. The minimum atomic E-state index is 0.802. The van der Waals surface area contributed by atoms with E-state index in [9.17, 15) is 0 Å². The highest BCUT2D eigenvalue weighted by molar-refractivity contribution is 5.34. The first-order chi connectivity index (χ1) is 8.74. The van der Waals surface area contributed by atoms with Crippen LogP contribution >= 0.6 is 0 Å². The monoisotopic (exact) mass is 243 g/mol. The van der Waals surface area contributed by atoms with Gasteiger partial charge >= 0.3 is 0 Å². The molecule has 2 saturated carbocycles. The summed E-state index contributed by atoms with van der Waals surface area (Å²) in [6.07, 6.45) is 7.02. The van der Waals surface area contributed by atoms with Crippen LogP contribution in [0.2, 0.25) is 0 Å². The van der Waals surface area contributed by atoms with Crippen molar-refractivity contribution >= 4 is 0 Å². The van der Waals surface area contributed by atoms with Gasteiger partial charge < -0.3 is 5.32 Å². The molecular formula is C17H25N. The molecule has 2 fully saturated rings. The third-order valence-corrected chi connectivity index (χ3v) is 4.74. The third kappa shape index (κ3) is 2.61. The Kier molecular flexibility index (Phi) is 3.43. The van der Waals surface area contributed by atoms with Gasteiger partial charge in [-0.15, -0.1) is 0 Å². The fourth-order valence-electron chi connectivity index (χ4n) is 3.46. The van der Waals surface area contributed by atoms with Crippen molar-refractivity contribution in [1.29, 1.82) is 0 Å². The molecule has 1 nitrogen and oxygen atoms in total. The van der Waals surface area contributed by atoms with Gasteiger partial charge in [0.05, 0.1) is 0 Å². The zero-order chi connectivity index (χ0) is 12.5. The highest BCUT2D eigenvalue weighted by Crippen LogP contribution is 2.41. The number of rotatable bonds is 4. The zero-order valence-electron chi connectivity index (χ0n) is 11.7. The second kappa shape index (κ2) is 5.05. The summed E-state index contributed by atoms with van der Waals surface area (Å²) in [4.78, 5) is 0. The molecule has 1 aromatic carbocycles. The van der Waals surface area contributed by atoms with Crippen molar-refractivity contribution in [1.82, 2.24) is 5.32 Å². The third-order valence-electron chi connectivity index (χ3n) is 4.74. The van der Waals surface area contributed by atoms with Gasteiger partial charge in [-0.05, 0) is 69.0 Å². The van der Waals surface area contributed by atoms with Crippen molar-refractivity contribution < 1.29 is 0 Å². The Labute approximate surface area is 111 Å². The first-order valence-electron chi connectivity index (χ1n) is 7.54. The van der Waals surface area contributed by atoms with Crippen LogP contribution < -0.4 is 5.32 Å². The minimum Gasteiger partial charge on any atom is -0.314 e. The molecule has 0 spiro atoms. The van der Waals surface area contributed by atoms with E-state index in [2.05, 4.69) is 37.4 Å². The maximum absolute atomic E-state index is 3.73. The van der Waals surface area contributed by atoms with Gasteiger partial charge in [-0.3, -0.25) is 0 Å². The standard InChI is InChI=1S/C17H25N/c1-12-6-7-13(2)17(10-12)16-5-3-4-14(16)11-18-15-8-9-15/h6-7,10,14-16,18H,3-5,8-9,11H2,1-2H3. The normalized spacial score (nSPS) is 27.7. The fourth-order valence-corrected chi connectivity index (χ4v) is 3.46. The molecule has 18 heavy (non-hydrogen) atoms. The maximum atomic E-state index is 3.73. The Morgan fingerprint density at radius 1 is 1.11 bits per heavy atom.